The molecule has 1 aromatic rings. The maximum Gasteiger partial charge on any atom is 0.195 e. The fraction of sp³-hybridized carbons (Fsp3) is 0.273. The molecule has 0 spiro atoms. The molecule has 0 saturated carbocycles. The molecular formula is C11H13N4O5-. The summed E-state index contributed by atoms with van der Waals surface area (Å²) in [5.41, 5.74) is -0.0994. The highest BCUT2D eigenvalue weighted by Crippen LogP contribution is 2.20. The average molecular weight is 281 g/mol. The standard InChI is InChI=1S/C11H14N4O5/c16-9-4-12-11(13-5-9)14-7-1-6(10(17)18)2-8(3-7)15(19)20/h1-3,9,16,19-20H,4-5H2,(H,17,18)(H2,12,13,14)/p-1. The van der Waals surface area contributed by atoms with E-state index in [9.17, 15) is 15.0 Å². The Kier molecular flexibility index (Phi) is 4.03. The van der Waals surface area contributed by atoms with Crippen molar-refractivity contribution < 1.29 is 25.4 Å². The van der Waals surface area contributed by atoms with Crippen LogP contribution in [0.4, 0.5) is 11.4 Å². The van der Waals surface area contributed by atoms with E-state index in [4.69, 9.17) is 10.4 Å². The van der Waals surface area contributed by atoms with Crippen LogP contribution in [-0.4, -0.2) is 46.6 Å². The van der Waals surface area contributed by atoms with Crippen LogP contribution in [0.5, 0.6) is 0 Å². The van der Waals surface area contributed by atoms with Crippen LogP contribution >= 0.6 is 0 Å². The van der Waals surface area contributed by atoms with Crippen molar-refractivity contribution in [3.8, 4) is 0 Å². The lowest BCUT2D eigenvalue weighted by molar-refractivity contribution is -0.255. The predicted octanol–water partition coefficient (Wildman–Crippen LogP) is -1.63. The third-order valence-electron chi connectivity index (χ3n) is 2.61. The van der Waals surface area contributed by atoms with Gasteiger partial charge in [0.25, 0.3) is 0 Å². The van der Waals surface area contributed by atoms with Crippen LogP contribution in [0.15, 0.2) is 23.2 Å². The average Bonchev–Trinajstić information content (AvgIpc) is 2.41. The molecule has 9 nitrogen and oxygen atoms in total. The molecule has 1 aliphatic heterocycles. The molecule has 0 saturated heterocycles. The molecule has 5 N–H and O–H groups in total. The predicted molar refractivity (Wildman–Crippen MR) is 66.8 cm³/mol. The van der Waals surface area contributed by atoms with Crippen LogP contribution < -0.4 is 21.0 Å². The van der Waals surface area contributed by atoms with Gasteiger partial charge in [-0.3, -0.25) is 15.4 Å². The highest BCUT2D eigenvalue weighted by Gasteiger charge is 2.13. The quantitative estimate of drug-likeness (QED) is 0.416. The lowest BCUT2D eigenvalue weighted by Crippen LogP contribution is -2.42. The van der Waals surface area contributed by atoms with Gasteiger partial charge in [-0.05, 0) is 18.2 Å². The summed E-state index contributed by atoms with van der Waals surface area (Å²) in [5, 5.41) is 43.4. The van der Waals surface area contributed by atoms with Gasteiger partial charge in [0.05, 0.1) is 24.3 Å². The highest BCUT2D eigenvalue weighted by atomic mass is 16.8. The Hall–Kier alpha value is -2.36. The summed E-state index contributed by atoms with van der Waals surface area (Å²) in [6.45, 7) is 0.527. The number of aliphatic hydroxyl groups is 1. The zero-order chi connectivity index (χ0) is 14.7. The zero-order valence-corrected chi connectivity index (χ0v) is 10.3. The smallest absolute Gasteiger partial charge is 0.195 e. The van der Waals surface area contributed by atoms with Gasteiger partial charge in [-0.1, -0.05) is 0 Å². The molecule has 1 unspecified atom stereocenters. The third kappa shape index (κ3) is 3.35. The number of β-amino-alcohol motifs (C(OH)–C–C–N with tert-alkyl or cyclic N) is 1. The highest BCUT2D eigenvalue weighted by molar-refractivity contribution is 5.96. The summed E-state index contributed by atoms with van der Waals surface area (Å²) in [6.07, 6.45) is -0.573. The number of hydrogen-bond acceptors (Lipinski definition) is 9. The molecule has 0 fully saturated rings. The number of guanidine groups is 1. The molecule has 2 rings (SSSR count). The van der Waals surface area contributed by atoms with Crippen LogP contribution in [0, 0.1) is 0 Å². The van der Waals surface area contributed by atoms with E-state index < -0.39 is 12.1 Å². The molecule has 108 valence electrons. The largest absolute Gasteiger partial charge is 0.545 e. The van der Waals surface area contributed by atoms with E-state index in [1.807, 2.05) is 0 Å². The first-order chi connectivity index (χ1) is 9.45. The van der Waals surface area contributed by atoms with E-state index in [1.54, 1.807) is 0 Å². The van der Waals surface area contributed by atoms with Crippen LogP contribution in [0.25, 0.3) is 0 Å². The molecule has 0 bridgehead atoms. The molecule has 0 aliphatic carbocycles. The van der Waals surface area contributed by atoms with Gasteiger partial charge in [0.2, 0.25) is 0 Å². The van der Waals surface area contributed by atoms with Gasteiger partial charge < -0.3 is 25.6 Å². The van der Waals surface area contributed by atoms with Crippen molar-refractivity contribution in [2.45, 2.75) is 6.10 Å². The summed E-state index contributed by atoms with van der Waals surface area (Å²) >= 11 is 0. The fourth-order valence-electron chi connectivity index (χ4n) is 1.67. The number of nitrogens with zero attached hydrogens (tertiary/aromatic N) is 2. The van der Waals surface area contributed by atoms with Gasteiger partial charge in [-0.25, -0.2) is 0 Å². The van der Waals surface area contributed by atoms with Crippen LogP contribution in [0.1, 0.15) is 10.4 Å². The normalized spacial score (nSPS) is 17.9. The topological polar surface area (TPSA) is 140 Å². The summed E-state index contributed by atoms with van der Waals surface area (Å²) in [6, 6.07) is 3.61. The second-order valence-electron chi connectivity index (χ2n) is 4.19. The molecule has 1 aromatic carbocycles. The molecule has 9 heteroatoms. The Bertz CT molecular complexity index is 546. The molecule has 1 heterocycles. The maximum atomic E-state index is 10.9. The number of aromatic carboxylic acids is 1. The Balaban J connectivity index is 2.24. The first-order valence-corrected chi connectivity index (χ1v) is 5.73. The van der Waals surface area contributed by atoms with Crippen LogP contribution in [0.2, 0.25) is 0 Å². The molecule has 0 aromatic heterocycles. The monoisotopic (exact) mass is 281 g/mol. The van der Waals surface area contributed by atoms with Crippen molar-refractivity contribution in [1.29, 1.82) is 0 Å². The first kappa shape index (κ1) is 14.1. The van der Waals surface area contributed by atoms with Crippen molar-refractivity contribution in [2.75, 3.05) is 23.6 Å². The van der Waals surface area contributed by atoms with Crippen molar-refractivity contribution in [3.05, 3.63) is 23.8 Å². The van der Waals surface area contributed by atoms with Gasteiger partial charge in [0, 0.05) is 17.8 Å². The number of rotatable bonds is 3. The molecule has 20 heavy (non-hydrogen) atoms. The third-order valence-corrected chi connectivity index (χ3v) is 2.61. The fourth-order valence-corrected chi connectivity index (χ4v) is 1.67. The van der Waals surface area contributed by atoms with Crippen LogP contribution in [-0.2, 0) is 0 Å². The number of carbonyl (C=O) groups excluding carboxylic acids is 1. The lowest BCUT2D eigenvalue weighted by Gasteiger charge is -2.21. The van der Waals surface area contributed by atoms with Gasteiger partial charge in [0.1, 0.15) is 0 Å². The van der Waals surface area contributed by atoms with Crippen molar-refractivity contribution >= 4 is 23.3 Å². The Morgan fingerprint density at radius 1 is 1.45 bits per heavy atom. The van der Waals surface area contributed by atoms with Gasteiger partial charge >= 0.3 is 0 Å². The van der Waals surface area contributed by atoms with E-state index in [0.29, 0.717) is 12.5 Å². The second kappa shape index (κ2) is 5.74. The lowest BCUT2D eigenvalue weighted by atomic mass is 10.1. The number of carbonyl (C=O) groups is 1. The van der Waals surface area contributed by atoms with Crippen molar-refractivity contribution in [3.63, 3.8) is 0 Å². The van der Waals surface area contributed by atoms with Crippen LogP contribution in [0.3, 0.4) is 0 Å². The number of aliphatic hydroxyl groups excluding tert-OH is 1. The molecule has 1 atom stereocenters. The van der Waals surface area contributed by atoms with E-state index in [-0.39, 0.29) is 28.7 Å². The minimum absolute atomic E-state index is 0.148. The zero-order valence-electron chi connectivity index (χ0n) is 10.3. The van der Waals surface area contributed by atoms with Crippen molar-refractivity contribution in [1.82, 2.24) is 5.32 Å². The van der Waals surface area contributed by atoms with E-state index in [1.165, 1.54) is 12.1 Å². The second-order valence-corrected chi connectivity index (χ2v) is 4.19. The number of anilines is 2. The number of nitrogens with one attached hydrogen (secondary N) is 2. The summed E-state index contributed by atoms with van der Waals surface area (Å²) in [4.78, 5) is 14.9. The van der Waals surface area contributed by atoms with Crippen molar-refractivity contribution in [2.24, 2.45) is 4.99 Å². The summed E-state index contributed by atoms with van der Waals surface area (Å²) < 4.78 is 0. The van der Waals surface area contributed by atoms with E-state index in [0.717, 1.165) is 6.07 Å². The van der Waals surface area contributed by atoms with Gasteiger partial charge in [-0.2, -0.15) is 0 Å². The minimum Gasteiger partial charge on any atom is -0.545 e. The molecule has 1 aliphatic rings. The van der Waals surface area contributed by atoms with Gasteiger partial charge in [-0.15, -0.1) is 5.23 Å². The van der Waals surface area contributed by atoms with E-state index in [2.05, 4.69) is 15.6 Å². The first-order valence-electron chi connectivity index (χ1n) is 5.73. The minimum atomic E-state index is -1.45. The molecule has 0 amide bonds. The number of carboxylic acids is 1. The SMILES string of the molecule is O=C([O-])c1cc(NC2=NCC(O)CN2)cc(N(O)O)c1. The maximum absolute atomic E-state index is 10.9. The Morgan fingerprint density at radius 3 is 2.75 bits per heavy atom. The number of aliphatic imine (C=N–C) groups is 1. The molecule has 0 radical (unpaired) electrons. The van der Waals surface area contributed by atoms with E-state index >= 15 is 0 Å². The Morgan fingerprint density at radius 2 is 2.20 bits per heavy atom. The summed E-state index contributed by atoms with van der Waals surface area (Å²) in [7, 11) is 0. The summed E-state index contributed by atoms with van der Waals surface area (Å²) in [5.74, 6) is -1.11. The van der Waals surface area contributed by atoms with Gasteiger partial charge in [0.15, 0.2) is 5.96 Å². The Labute approximate surface area is 113 Å². The molecular weight excluding hydrogens is 268 g/mol. The number of benzene rings is 1. The number of hydrogen-bond donors (Lipinski definition) is 5. The number of carboxylic acid groups (broad SMARTS) is 1.